The number of fused-ring (bicyclic) bond motifs is 1. The average Bonchev–Trinajstić information content (AvgIpc) is 2.76. The molecule has 1 amide bonds. The SMILES string of the molecule is CN(C(=O)c1cc(-c2ccc(F)cc2F)c2c(n1)CNCC2)[C@H]1CCO[C@@H](C2CCC2)C1. The summed E-state index contributed by atoms with van der Waals surface area (Å²) in [6.45, 7) is 1.94. The van der Waals surface area contributed by atoms with Crippen LogP contribution < -0.4 is 5.32 Å². The monoisotopic (exact) mass is 441 g/mol. The molecule has 2 fully saturated rings. The fraction of sp³-hybridized carbons (Fsp3) is 0.520. The van der Waals surface area contributed by atoms with E-state index >= 15 is 0 Å². The van der Waals surface area contributed by atoms with Crippen LogP contribution in [0.2, 0.25) is 0 Å². The maximum Gasteiger partial charge on any atom is 0.272 e. The predicted octanol–water partition coefficient (Wildman–Crippen LogP) is 4.09. The number of hydrogen-bond acceptors (Lipinski definition) is 4. The Bertz CT molecular complexity index is 1020. The largest absolute Gasteiger partial charge is 0.378 e. The topological polar surface area (TPSA) is 54.5 Å². The molecule has 2 atom stereocenters. The summed E-state index contributed by atoms with van der Waals surface area (Å²) in [7, 11) is 1.83. The molecule has 170 valence electrons. The first-order valence-electron chi connectivity index (χ1n) is 11.6. The smallest absolute Gasteiger partial charge is 0.272 e. The van der Waals surface area contributed by atoms with Crippen molar-refractivity contribution in [3.05, 3.63) is 52.9 Å². The van der Waals surface area contributed by atoms with Crippen LogP contribution in [0, 0.1) is 17.6 Å². The number of nitrogens with one attached hydrogen (secondary N) is 1. The van der Waals surface area contributed by atoms with E-state index in [0.29, 0.717) is 42.3 Å². The van der Waals surface area contributed by atoms with Crippen molar-refractivity contribution < 1.29 is 18.3 Å². The molecule has 5 nitrogen and oxygen atoms in total. The summed E-state index contributed by atoms with van der Waals surface area (Å²) >= 11 is 0. The van der Waals surface area contributed by atoms with Crippen LogP contribution in [0.3, 0.4) is 0 Å². The molecule has 0 radical (unpaired) electrons. The van der Waals surface area contributed by atoms with Crippen LogP contribution >= 0.6 is 0 Å². The molecule has 32 heavy (non-hydrogen) atoms. The number of halogens is 2. The third-order valence-electron chi connectivity index (χ3n) is 7.33. The molecule has 7 heteroatoms. The fourth-order valence-electron chi connectivity index (χ4n) is 5.18. The van der Waals surface area contributed by atoms with Crippen LogP contribution in [-0.2, 0) is 17.7 Å². The third kappa shape index (κ3) is 4.04. The molecule has 1 N–H and O–H groups in total. The minimum atomic E-state index is -0.628. The summed E-state index contributed by atoms with van der Waals surface area (Å²) in [5.41, 5.74) is 2.92. The first-order chi connectivity index (χ1) is 15.5. The molecule has 1 aromatic heterocycles. The van der Waals surface area contributed by atoms with Crippen molar-refractivity contribution in [3.63, 3.8) is 0 Å². The van der Waals surface area contributed by atoms with Crippen molar-refractivity contribution in [1.82, 2.24) is 15.2 Å². The molecule has 1 aliphatic carbocycles. The highest BCUT2D eigenvalue weighted by molar-refractivity contribution is 5.94. The van der Waals surface area contributed by atoms with E-state index in [1.807, 2.05) is 7.05 Å². The number of pyridine rings is 1. The van der Waals surface area contributed by atoms with E-state index in [1.165, 1.54) is 31.4 Å². The zero-order valence-electron chi connectivity index (χ0n) is 18.4. The second kappa shape index (κ2) is 8.87. The van der Waals surface area contributed by atoms with E-state index < -0.39 is 11.6 Å². The van der Waals surface area contributed by atoms with Crippen molar-refractivity contribution in [2.24, 2.45) is 5.92 Å². The van der Waals surface area contributed by atoms with E-state index in [9.17, 15) is 13.6 Å². The maximum absolute atomic E-state index is 14.7. The number of carbonyl (C=O) groups excluding carboxylic acids is 1. The Kier molecular flexibility index (Phi) is 5.95. The van der Waals surface area contributed by atoms with Crippen LogP contribution in [0.5, 0.6) is 0 Å². The molecule has 2 aliphatic heterocycles. The highest BCUT2D eigenvalue weighted by Crippen LogP contribution is 2.36. The van der Waals surface area contributed by atoms with Gasteiger partial charge < -0.3 is 15.0 Å². The van der Waals surface area contributed by atoms with Crippen molar-refractivity contribution in [2.75, 3.05) is 20.2 Å². The van der Waals surface area contributed by atoms with Crippen LogP contribution in [0.4, 0.5) is 8.78 Å². The number of rotatable bonds is 4. The van der Waals surface area contributed by atoms with Crippen molar-refractivity contribution >= 4 is 5.91 Å². The molecule has 1 aromatic carbocycles. The number of hydrogen-bond donors (Lipinski definition) is 1. The van der Waals surface area contributed by atoms with Crippen LogP contribution in [0.1, 0.15) is 53.8 Å². The van der Waals surface area contributed by atoms with Crippen molar-refractivity contribution in [3.8, 4) is 11.1 Å². The quantitative estimate of drug-likeness (QED) is 0.777. The van der Waals surface area contributed by atoms with Gasteiger partial charge >= 0.3 is 0 Å². The Labute approximate surface area is 187 Å². The normalized spacial score (nSPS) is 23.3. The van der Waals surface area contributed by atoms with Crippen molar-refractivity contribution in [2.45, 2.75) is 57.2 Å². The summed E-state index contributed by atoms with van der Waals surface area (Å²) in [5, 5.41) is 3.28. The highest BCUT2D eigenvalue weighted by Gasteiger charge is 2.35. The van der Waals surface area contributed by atoms with Gasteiger partial charge in [0.25, 0.3) is 5.91 Å². The highest BCUT2D eigenvalue weighted by atomic mass is 19.1. The van der Waals surface area contributed by atoms with Crippen LogP contribution in [-0.4, -0.2) is 48.1 Å². The van der Waals surface area contributed by atoms with E-state index in [-0.39, 0.29) is 18.1 Å². The van der Waals surface area contributed by atoms with E-state index in [2.05, 4.69) is 10.3 Å². The lowest BCUT2D eigenvalue weighted by molar-refractivity contribution is -0.0651. The Morgan fingerprint density at radius 3 is 2.78 bits per heavy atom. The number of aromatic nitrogens is 1. The Morgan fingerprint density at radius 1 is 1.19 bits per heavy atom. The van der Waals surface area contributed by atoms with Gasteiger partial charge in [-0.2, -0.15) is 0 Å². The number of nitrogens with zero attached hydrogens (tertiary/aromatic N) is 2. The van der Waals surface area contributed by atoms with E-state index in [4.69, 9.17) is 4.74 Å². The molecule has 0 spiro atoms. The van der Waals surface area contributed by atoms with E-state index in [1.54, 1.807) is 11.0 Å². The van der Waals surface area contributed by atoms with Gasteiger partial charge in [0.15, 0.2) is 0 Å². The van der Waals surface area contributed by atoms with Gasteiger partial charge in [0.1, 0.15) is 17.3 Å². The zero-order chi connectivity index (χ0) is 22.2. The van der Waals surface area contributed by atoms with Gasteiger partial charge in [-0.3, -0.25) is 4.79 Å². The maximum atomic E-state index is 14.7. The molecule has 3 heterocycles. The first kappa shape index (κ1) is 21.5. The van der Waals surface area contributed by atoms with Gasteiger partial charge in [-0.1, -0.05) is 6.42 Å². The summed E-state index contributed by atoms with van der Waals surface area (Å²) in [6, 6.07) is 5.37. The molecular weight excluding hydrogens is 412 g/mol. The second-order valence-electron chi connectivity index (χ2n) is 9.23. The Morgan fingerprint density at radius 2 is 2.03 bits per heavy atom. The molecular formula is C25H29F2N3O2. The lowest BCUT2D eigenvalue weighted by atomic mass is 9.78. The third-order valence-corrected chi connectivity index (χ3v) is 7.33. The molecule has 1 saturated heterocycles. The molecule has 1 saturated carbocycles. The van der Waals surface area contributed by atoms with Gasteiger partial charge in [-0.25, -0.2) is 13.8 Å². The van der Waals surface area contributed by atoms with Gasteiger partial charge in [-0.15, -0.1) is 0 Å². The zero-order valence-corrected chi connectivity index (χ0v) is 18.4. The lowest BCUT2D eigenvalue weighted by Gasteiger charge is -2.41. The van der Waals surface area contributed by atoms with Crippen molar-refractivity contribution in [1.29, 1.82) is 0 Å². The number of benzene rings is 1. The number of amides is 1. The number of ether oxygens (including phenoxy) is 1. The molecule has 0 unspecified atom stereocenters. The minimum Gasteiger partial charge on any atom is -0.378 e. The summed E-state index contributed by atoms with van der Waals surface area (Å²) in [4.78, 5) is 19.9. The Balaban J connectivity index is 1.45. The predicted molar refractivity (Wildman–Crippen MR) is 117 cm³/mol. The summed E-state index contributed by atoms with van der Waals surface area (Å²) < 4.78 is 34.2. The average molecular weight is 442 g/mol. The minimum absolute atomic E-state index is 0.101. The van der Waals surface area contributed by atoms with E-state index in [0.717, 1.165) is 36.7 Å². The fourth-order valence-corrected chi connectivity index (χ4v) is 5.18. The van der Waals surface area contributed by atoms with Crippen LogP contribution in [0.15, 0.2) is 24.3 Å². The van der Waals surface area contributed by atoms with Crippen LogP contribution in [0.25, 0.3) is 11.1 Å². The van der Waals surface area contributed by atoms with Gasteiger partial charge in [-0.05, 0) is 73.9 Å². The molecule has 2 aromatic rings. The second-order valence-corrected chi connectivity index (χ2v) is 9.23. The molecule has 0 bridgehead atoms. The number of carbonyl (C=O) groups is 1. The summed E-state index contributed by atoms with van der Waals surface area (Å²) in [6.07, 6.45) is 6.24. The van der Waals surface area contributed by atoms with Gasteiger partial charge in [0.2, 0.25) is 0 Å². The molecule has 5 rings (SSSR count). The Hall–Kier alpha value is -2.38. The first-order valence-corrected chi connectivity index (χ1v) is 11.6. The molecule has 3 aliphatic rings. The van der Waals surface area contributed by atoms with Gasteiger partial charge in [0, 0.05) is 37.9 Å². The summed E-state index contributed by atoms with van der Waals surface area (Å²) in [5.74, 6) is -0.799. The van der Waals surface area contributed by atoms with Gasteiger partial charge in [0.05, 0.1) is 11.8 Å². The standard InChI is InChI=1S/C25H29F2N3O2/c1-30(17-8-10-32-24(12-17)15-3-2-4-15)25(31)22-13-20(18-6-5-16(26)11-21(18)27)19-7-9-28-14-23(19)29-22/h5-6,11,13,15,17,24,28H,2-4,7-10,12,14H2,1H3/t17-,24+/m0/s1. The lowest BCUT2D eigenvalue weighted by Crippen LogP contribution is -2.46.